The van der Waals surface area contributed by atoms with Gasteiger partial charge in [0.1, 0.15) is 6.29 Å². The van der Waals surface area contributed by atoms with Crippen molar-refractivity contribution >= 4 is 6.29 Å². The standard InChI is InChI=1S/C26H37NO.C5H10O/c1-6-20(4)26(19-27(5)25(8-3)17-18-28)24-15-13-23(14-16-24)22-11-9-21(7-2)10-12-22;1-3-5(2)4-6/h9-16,25-26,28H,4,6-8,17-19H2,1-3,5H3;4-5H,3H2,1-2H3. The number of nitrogens with zero attached hydrogens (tertiary/aromatic N) is 1. The van der Waals surface area contributed by atoms with Gasteiger partial charge in [-0.15, -0.1) is 0 Å². The zero-order valence-corrected chi connectivity index (χ0v) is 22.4. The predicted molar refractivity (Wildman–Crippen MR) is 147 cm³/mol. The zero-order chi connectivity index (χ0) is 25.5. The van der Waals surface area contributed by atoms with E-state index in [0.29, 0.717) is 12.0 Å². The van der Waals surface area contributed by atoms with Gasteiger partial charge in [-0.2, -0.15) is 0 Å². The summed E-state index contributed by atoms with van der Waals surface area (Å²) in [5.74, 6) is 0.573. The summed E-state index contributed by atoms with van der Waals surface area (Å²) in [7, 11) is 2.17. The minimum Gasteiger partial charge on any atom is -0.396 e. The highest BCUT2D eigenvalue weighted by molar-refractivity contribution is 5.64. The van der Waals surface area contributed by atoms with Gasteiger partial charge in [0.05, 0.1) is 0 Å². The van der Waals surface area contributed by atoms with E-state index >= 15 is 0 Å². The molecule has 3 atom stereocenters. The van der Waals surface area contributed by atoms with Crippen LogP contribution in [0, 0.1) is 5.92 Å². The van der Waals surface area contributed by atoms with Crippen molar-refractivity contribution in [2.24, 2.45) is 5.92 Å². The van der Waals surface area contributed by atoms with Crippen molar-refractivity contribution < 1.29 is 9.90 Å². The number of aldehydes is 1. The second kappa shape index (κ2) is 16.4. The lowest BCUT2D eigenvalue weighted by Crippen LogP contribution is -2.35. The lowest BCUT2D eigenvalue weighted by atomic mass is 9.88. The van der Waals surface area contributed by atoms with Crippen molar-refractivity contribution in [1.29, 1.82) is 0 Å². The molecule has 2 aromatic rings. The van der Waals surface area contributed by atoms with E-state index < -0.39 is 0 Å². The predicted octanol–water partition coefficient (Wildman–Crippen LogP) is 7.29. The van der Waals surface area contributed by atoms with Crippen LogP contribution in [0.2, 0.25) is 0 Å². The van der Waals surface area contributed by atoms with E-state index in [4.69, 9.17) is 0 Å². The van der Waals surface area contributed by atoms with Gasteiger partial charge in [0.25, 0.3) is 0 Å². The Morgan fingerprint density at radius 2 is 1.53 bits per heavy atom. The van der Waals surface area contributed by atoms with Gasteiger partial charge in [-0.3, -0.25) is 0 Å². The maximum absolute atomic E-state index is 9.74. The topological polar surface area (TPSA) is 40.5 Å². The molecule has 0 fully saturated rings. The summed E-state index contributed by atoms with van der Waals surface area (Å²) in [5, 5.41) is 9.35. The van der Waals surface area contributed by atoms with Crippen LogP contribution in [0.5, 0.6) is 0 Å². The maximum Gasteiger partial charge on any atom is 0.122 e. The summed E-state index contributed by atoms with van der Waals surface area (Å²) in [4.78, 5) is 12.1. The molecule has 0 saturated heterocycles. The van der Waals surface area contributed by atoms with Crippen LogP contribution in [0.15, 0.2) is 60.7 Å². The highest BCUT2D eigenvalue weighted by Gasteiger charge is 2.20. The number of aliphatic hydroxyl groups is 1. The second-order valence-electron chi connectivity index (χ2n) is 9.27. The van der Waals surface area contributed by atoms with Crippen LogP contribution in [0.25, 0.3) is 11.1 Å². The van der Waals surface area contributed by atoms with Crippen molar-refractivity contribution in [3.63, 3.8) is 0 Å². The molecule has 0 aliphatic rings. The van der Waals surface area contributed by atoms with Crippen LogP contribution in [-0.2, 0) is 11.2 Å². The first kappa shape index (κ1) is 29.8. The van der Waals surface area contributed by atoms with E-state index in [9.17, 15) is 9.90 Å². The first-order valence-corrected chi connectivity index (χ1v) is 13.0. The zero-order valence-electron chi connectivity index (χ0n) is 22.4. The largest absolute Gasteiger partial charge is 0.396 e. The van der Waals surface area contributed by atoms with Crippen LogP contribution in [0.4, 0.5) is 0 Å². The molecule has 0 saturated carbocycles. The summed E-state index contributed by atoms with van der Waals surface area (Å²) in [5.41, 5.74) is 6.49. The number of carbonyl (C=O) groups is 1. The van der Waals surface area contributed by atoms with Crippen molar-refractivity contribution in [1.82, 2.24) is 4.90 Å². The van der Waals surface area contributed by atoms with Crippen LogP contribution >= 0.6 is 0 Å². The Balaban J connectivity index is 0.000000852. The van der Waals surface area contributed by atoms with Crippen LogP contribution in [0.1, 0.15) is 77.3 Å². The molecule has 3 nitrogen and oxygen atoms in total. The van der Waals surface area contributed by atoms with E-state index in [0.717, 1.165) is 44.9 Å². The molecular formula is C31H47NO2. The molecule has 0 amide bonds. The fraction of sp³-hybridized carbons (Fsp3) is 0.516. The minimum atomic E-state index is 0.244. The molecule has 34 heavy (non-hydrogen) atoms. The van der Waals surface area contributed by atoms with Crippen LogP contribution in [-0.4, -0.2) is 42.5 Å². The lowest BCUT2D eigenvalue weighted by molar-refractivity contribution is -0.110. The molecule has 0 spiro atoms. The lowest BCUT2D eigenvalue weighted by Gasteiger charge is -2.31. The number of hydrogen-bond acceptors (Lipinski definition) is 3. The van der Waals surface area contributed by atoms with E-state index in [1.165, 1.54) is 27.8 Å². The molecule has 0 aliphatic heterocycles. The Labute approximate surface area is 208 Å². The maximum atomic E-state index is 9.74. The van der Waals surface area contributed by atoms with Crippen molar-refractivity contribution in [2.75, 3.05) is 20.2 Å². The minimum absolute atomic E-state index is 0.244. The highest BCUT2D eigenvalue weighted by atomic mass is 16.3. The Kier molecular flexibility index (Phi) is 14.4. The molecule has 0 aromatic heterocycles. The first-order chi connectivity index (χ1) is 16.3. The van der Waals surface area contributed by atoms with Gasteiger partial charge in [-0.1, -0.05) is 95.3 Å². The molecule has 3 unspecified atom stereocenters. The normalized spacial score (nSPS) is 13.5. The average Bonchev–Trinajstić information content (AvgIpc) is 2.89. The van der Waals surface area contributed by atoms with Crippen molar-refractivity contribution in [3.05, 3.63) is 71.8 Å². The number of hydrogen-bond donors (Lipinski definition) is 1. The average molecular weight is 466 g/mol. The second-order valence-corrected chi connectivity index (χ2v) is 9.27. The molecule has 0 radical (unpaired) electrons. The van der Waals surface area contributed by atoms with Gasteiger partial charge in [0.15, 0.2) is 0 Å². The fourth-order valence-electron chi connectivity index (χ4n) is 3.98. The smallest absolute Gasteiger partial charge is 0.122 e. The van der Waals surface area contributed by atoms with E-state index in [1.54, 1.807) is 0 Å². The third kappa shape index (κ3) is 9.56. The summed E-state index contributed by atoms with van der Waals surface area (Å²) in [6.45, 7) is 16.0. The molecule has 2 rings (SSSR count). The van der Waals surface area contributed by atoms with Gasteiger partial charge in [-0.25, -0.2) is 0 Å². The SMILES string of the molecule is C=C(CC)C(CN(C)C(CC)CCO)c1ccc(-c2ccc(CC)cc2)cc1.CCC(C)C=O. The molecule has 0 heterocycles. The fourth-order valence-corrected chi connectivity index (χ4v) is 3.98. The van der Waals surface area contributed by atoms with E-state index in [1.807, 2.05) is 13.8 Å². The molecule has 1 N–H and O–H groups in total. The van der Waals surface area contributed by atoms with E-state index in [-0.39, 0.29) is 12.5 Å². The molecule has 0 bridgehead atoms. The number of rotatable bonds is 13. The number of aliphatic hydroxyl groups excluding tert-OH is 1. The molecule has 188 valence electrons. The first-order valence-electron chi connectivity index (χ1n) is 13.0. The number of carbonyl (C=O) groups excluding carboxylic acids is 1. The van der Waals surface area contributed by atoms with E-state index in [2.05, 4.69) is 87.8 Å². The molecule has 2 aromatic carbocycles. The third-order valence-electron chi connectivity index (χ3n) is 6.86. The number of likely N-dealkylation sites (N-methyl/N-ethyl adjacent to an activating group) is 1. The molecule has 0 aliphatic carbocycles. The quantitative estimate of drug-likeness (QED) is 0.249. The van der Waals surface area contributed by atoms with Crippen LogP contribution < -0.4 is 0 Å². The summed E-state index contributed by atoms with van der Waals surface area (Å²) >= 11 is 0. The van der Waals surface area contributed by atoms with Gasteiger partial charge in [0.2, 0.25) is 0 Å². The van der Waals surface area contributed by atoms with Crippen LogP contribution in [0.3, 0.4) is 0 Å². The summed E-state index contributed by atoms with van der Waals surface area (Å²) < 4.78 is 0. The Bertz CT molecular complexity index is 826. The Hall–Kier alpha value is -2.23. The summed E-state index contributed by atoms with van der Waals surface area (Å²) in [6.07, 6.45) is 5.86. The number of aryl methyl sites for hydroxylation is 1. The number of benzene rings is 2. The van der Waals surface area contributed by atoms with Gasteiger partial charge >= 0.3 is 0 Å². The van der Waals surface area contributed by atoms with Crippen molar-refractivity contribution in [3.8, 4) is 11.1 Å². The van der Waals surface area contributed by atoms with Gasteiger partial charge in [-0.05, 0) is 61.4 Å². The monoisotopic (exact) mass is 465 g/mol. The Morgan fingerprint density at radius 1 is 0.971 bits per heavy atom. The third-order valence-corrected chi connectivity index (χ3v) is 6.86. The highest BCUT2D eigenvalue weighted by Crippen LogP contribution is 2.30. The molecule has 3 heteroatoms. The van der Waals surface area contributed by atoms with Gasteiger partial charge < -0.3 is 14.8 Å². The Morgan fingerprint density at radius 3 is 1.91 bits per heavy atom. The van der Waals surface area contributed by atoms with Gasteiger partial charge in [0, 0.05) is 31.0 Å². The molecular weight excluding hydrogens is 418 g/mol. The summed E-state index contributed by atoms with van der Waals surface area (Å²) in [6, 6.07) is 18.3. The van der Waals surface area contributed by atoms with Crippen molar-refractivity contribution in [2.45, 2.75) is 78.7 Å².